The summed E-state index contributed by atoms with van der Waals surface area (Å²) in [6.45, 7) is 1.94. The molecule has 0 spiro atoms. The number of aromatic carboxylic acids is 1. The van der Waals surface area contributed by atoms with Crippen molar-refractivity contribution in [1.82, 2.24) is 4.98 Å². The Bertz CT molecular complexity index is 411. The highest BCUT2D eigenvalue weighted by Crippen LogP contribution is 2.16. The van der Waals surface area contributed by atoms with E-state index < -0.39 is 5.97 Å². The maximum atomic E-state index is 10.9. The largest absolute Gasteiger partial charge is 0.478 e. The van der Waals surface area contributed by atoms with E-state index in [9.17, 15) is 4.79 Å². The molecule has 0 saturated carbocycles. The normalized spacial score (nSPS) is 10.4. The van der Waals surface area contributed by atoms with E-state index >= 15 is 0 Å². The molecule has 0 saturated heterocycles. The van der Waals surface area contributed by atoms with Crippen LogP contribution in [-0.2, 0) is 9.47 Å². The van der Waals surface area contributed by atoms with Crippen LogP contribution in [0.15, 0.2) is 12.3 Å². The third-order valence-corrected chi connectivity index (χ3v) is 2.25. The van der Waals surface area contributed by atoms with Gasteiger partial charge in [-0.05, 0) is 6.42 Å². The van der Waals surface area contributed by atoms with Gasteiger partial charge in [-0.1, -0.05) is 0 Å². The molecule has 0 aliphatic carbocycles. The Hall–Kier alpha value is -1.86. The number of nitrogens with zero attached hydrogens (tertiary/aromatic N) is 1. The number of rotatable bonds is 9. The van der Waals surface area contributed by atoms with Gasteiger partial charge in [-0.15, -0.1) is 0 Å². The number of carboxylic acid groups (broad SMARTS) is 1. The van der Waals surface area contributed by atoms with Gasteiger partial charge < -0.3 is 25.1 Å². The number of aromatic nitrogens is 1. The molecule has 0 unspecified atom stereocenters. The van der Waals surface area contributed by atoms with E-state index in [4.69, 9.17) is 25.1 Å². The van der Waals surface area contributed by atoms with Gasteiger partial charge in [0.05, 0.1) is 24.1 Å². The van der Waals surface area contributed by atoms with Crippen LogP contribution in [0.4, 0.5) is 5.69 Å². The maximum absolute atomic E-state index is 10.9. The molecule has 7 heteroatoms. The van der Waals surface area contributed by atoms with Crippen LogP contribution < -0.4 is 10.5 Å². The SMILES string of the molecule is COCCCOCCOc1cc(C(=O)O)c(N)cn1. The average molecular weight is 270 g/mol. The van der Waals surface area contributed by atoms with Crippen molar-refractivity contribution in [2.24, 2.45) is 0 Å². The van der Waals surface area contributed by atoms with E-state index in [0.29, 0.717) is 26.4 Å². The second-order valence-electron chi connectivity index (χ2n) is 3.72. The average Bonchev–Trinajstić information content (AvgIpc) is 2.39. The Balaban J connectivity index is 2.30. The summed E-state index contributed by atoms with van der Waals surface area (Å²) in [4.78, 5) is 14.7. The highest BCUT2D eigenvalue weighted by atomic mass is 16.5. The number of pyridine rings is 1. The standard InChI is InChI=1S/C12H18N2O5/c1-17-3-2-4-18-5-6-19-11-7-9(12(15)16)10(13)8-14-11/h7-8H,2-6,13H2,1H3,(H,15,16). The van der Waals surface area contributed by atoms with Gasteiger partial charge in [-0.25, -0.2) is 9.78 Å². The van der Waals surface area contributed by atoms with Gasteiger partial charge >= 0.3 is 5.97 Å². The first-order valence-electron chi connectivity index (χ1n) is 5.83. The molecule has 106 valence electrons. The number of ether oxygens (including phenoxy) is 3. The molecule has 0 aliphatic rings. The summed E-state index contributed by atoms with van der Waals surface area (Å²) in [5.41, 5.74) is 5.56. The Kier molecular flexibility index (Phi) is 6.62. The quantitative estimate of drug-likeness (QED) is 0.639. The van der Waals surface area contributed by atoms with Crippen molar-refractivity contribution in [3.05, 3.63) is 17.8 Å². The number of methoxy groups -OCH3 is 1. The van der Waals surface area contributed by atoms with Crippen LogP contribution in [0.1, 0.15) is 16.8 Å². The summed E-state index contributed by atoms with van der Waals surface area (Å²) < 4.78 is 15.4. The Morgan fingerprint density at radius 3 is 2.84 bits per heavy atom. The van der Waals surface area contributed by atoms with Gasteiger partial charge in [0.2, 0.25) is 5.88 Å². The summed E-state index contributed by atoms with van der Waals surface area (Å²) in [5.74, 6) is -0.896. The van der Waals surface area contributed by atoms with Crippen molar-refractivity contribution >= 4 is 11.7 Å². The number of hydrogen-bond acceptors (Lipinski definition) is 6. The third-order valence-electron chi connectivity index (χ3n) is 2.25. The fourth-order valence-corrected chi connectivity index (χ4v) is 1.32. The molecule has 0 aromatic carbocycles. The van der Waals surface area contributed by atoms with Crippen LogP contribution in [0.25, 0.3) is 0 Å². The van der Waals surface area contributed by atoms with E-state index in [2.05, 4.69) is 4.98 Å². The van der Waals surface area contributed by atoms with E-state index in [0.717, 1.165) is 6.42 Å². The zero-order chi connectivity index (χ0) is 14.1. The van der Waals surface area contributed by atoms with Gasteiger partial charge in [-0.3, -0.25) is 0 Å². The highest BCUT2D eigenvalue weighted by Gasteiger charge is 2.10. The van der Waals surface area contributed by atoms with Crippen molar-refractivity contribution < 1.29 is 24.1 Å². The van der Waals surface area contributed by atoms with E-state index in [1.165, 1.54) is 12.3 Å². The molecule has 1 heterocycles. The van der Waals surface area contributed by atoms with Crippen molar-refractivity contribution in [2.45, 2.75) is 6.42 Å². The summed E-state index contributed by atoms with van der Waals surface area (Å²) >= 11 is 0. The van der Waals surface area contributed by atoms with Crippen LogP contribution in [0.5, 0.6) is 5.88 Å². The van der Waals surface area contributed by atoms with Crippen molar-refractivity contribution in [1.29, 1.82) is 0 Å². The Labute approximate surface area is 111 Å². The molecule has 0 fully saturated rings. The molecule has 19 heavy (non-hydrogen) atoms. The summed E-state index contributed by atoms with van der Waals surface area (Å²) in [7, 11) is 1.63. The summed E-state index contributed by atoms with van der Waals surface area (Å²) in [5, 5.41) is 8.88. The molecule has 3 N–H and O–H groups in total. The molecule has 0 atom stereocenters. The van der Waals surface area contributed by atoms with Crippen LogP contribution in [0.3, 0.4) is 0 Å². The molecule has 1 aromatic rings. The zero-order valence-electron chi connectivity index (χ0n) is 10.8. The second kappa shape index (κ2) is 8.28. The molecular weight excluding hydrogens is 252 g/mol. The van der Waals surface area contributed by atoms with E-state index in [1.54, 1.807) is 7.11 Å². The zero-order valence-corrected chi connectivity index (χ0v) is 10.8. The minimum absolute atomic E-state index is 0.0222. The van der Waals surface area contributed by atoms with Gasteiger partial charge in [0, 0.05) is 26.4 Å². The number of anilines is 1. The lowest BCUT2D eigenvalue weighted by Gasteiger charge is -2.07. The van der Waals surface area contributed by atoms with Crippen LogP contribution in [0, 0.1) is 0 Å². The fourth-order valence-electron chi connectivity index (χ4n) is 1.32. The molecule has 0 radical (unpaired) electrons. The monoisotopic (exact) mass is 270 g/mol. The molecule has 0 bridgehead atoms. The molecule has 0 amide bonds. The first-order valence-corrected chi connectivity index (χ1v) is 5.83. The predicted molar refractivity (Wildman–Crippen MR) is 68.4 cm³/mol. The van der Waals surface area contributed by atoms with Crippen molar-refractivity contribution in [2.75, 3.05) is 39.3 Å². The third kappa shape index (κ3) is 5.54. The number of carboxylic acids is 1. The lowest BCUT2D eigenvalue weighted by atomic mass is 10.2. The fraction of sp³-hybridized carbons (Fsp3) is 0.500. The van der Waals surface area contributed by atoms with Gasteiger partial charge in [-0.2, -0.15) is 0 Å². The Morgan fingerprint density at radius 1 is 1.37 bits per heavy atom. The number of hydrogen-bond donors (Lipinski definition) is 2. The molecular formula is C12H18N2O5. The lowest BCUT2D eigenvalue weighted by molar-refractivity contribution is 0.0696. The number of carbonyl (C=O) groups is 1. The summed E-state index contributed by atoms with van der Waals surface area (Å²) in [6.07, 6.45) is 2.08. The Morgan fingerprint density at radius 2 is 2.16 bits per heavy atom. The molecule has 0 aliphatic heterocycles. The maximum Gasteiger partial charge on any atom is 0.338 e. The van der Waals surface area contributed by atoms with Crippen molar-refractivity contribution in [3.63, 3.8) is 0 Å². The van der Waals surface area contributed by atoms with Gasteiger partial charge in [0.25, 0.3) is 0 Å². The first-order chi connectivity index (χ1) is 9.15. The topological polar surface area (TPSA) is 104 Å². The molecule has 1 aromatic heterocycles. The second-order valence-corrected chi connectivity index (χ2v) is 3.72. The van der Waals surface area contributed by atoms with Crippen LogP contribution in [-0.4, -0.2) is 49.6 Å². The first kappa shape index (κ1) is 15.2. The number of nitrogen functional groups attached to an aromatic ring is 1. The minimum Gasteiger partial charge on any atom is -0.478 e. The van der Waals surface area contributed by atoms with Gasteiger partial charge in [0.1, 0.15) is 6.61 Å². The highest BCUT2D eigenvalue weighted by molar-refractivity contribution is 5.93. The predicted octanol–water partition coefficient (Wildman–Crippen LogP) is 0.794. The molecule has 1 rings (SSSR count). The summed E-state index contributed by atoms with van der Waals surface area (Å²) in [6, 6.07) is 1.29. The van der Waals surface area contributed by atoms with Crippen LogP contribution >= 0.6 is 0 Å². The van der Waals surface area contributed by atoms with E-state index in [-0.39, 0.29) is 17.1 Å². The van der Waals surface area contributed by atoms with Gasteiger partial charge in [0.15, 0.2) is 0 Å². The van der Waals surface area contributed by atoms with Crippen molar-refractivity contribution in [3.8, 4) is 5.88 Å². The number of nitrogens with two attached hydrogens (primary N) is 1. The van der Waals surface area contributed by atoms with Crippen LogP contribution in [0.2, 0.25) is 0 Å². The molecule has 7 nitrogen and oxygen atoms in total. The lowest BCUT2D eigenvalue weighted by Crippen LogP contribution is -2.10. The van der Waals surface area contributed by atoms with E-state index in [1.807, 2.05) is 0 Å². The smallest absolute Gasteiger partial charge is 0.338 e. The minimum atomic E-state index is -1.11.